The zero-order chi connectivity index (χ0) is 15.9. The third kappa shape index (κ3) is 4.04. The zero-order valence-electron chi connectivity index (χ0n) is 12.5. The average Bonchev–Trinajstić information content (AvgIpc) is 3.27. The SMILES string of the molecule is O=C(NCCSCc1ccco1)c1cncn1-c1ccccc1. The standard InChI is InChI=1S/C17H17N3O2S/c21-17(19-8-10-23-12-15-7-4-9-22-15)16-11-18-13-20(16)14-5-2-1-3-6-14/h1-7,9,11,13H,8,10,12H2,(H,19,21). The minimum Gasteiger partial charge on any atom is -0.468 e. The molecule has 0 saturated heterocycles. The number of para-hydroxylation sites is 1. The first-order chi connectivity index (χ1) is 11.3. The van der Waals surface area contributed by atoms with Crippen molar-refractivity contribution in [1.82, 2.24) is 14.9 Å². The summed E-state index contributed by atoms with van der Waals surface area (Å²) in [6.45, 7) is 0.601. The molecular weight excluding hydrogens is 310 g/mol. The number of thioether (sulfide) groups is 1. The quantitative estimate of drug-likeness (QED) is 0.677. The number of hydrogen-bond acceptors (Lipinski definition) is 4. The molecule has 6 heteroatoms. The van der Waals surface area contributed by atoms with Crippen molar-refractivity contribution in [2.75, 3.05) is 12.3 Å². The molecule has 0 fully saturated rings. The van der Waals surface area contributed by atoms with Gasteiger partial charge in [0.2, 0.25) is 0 Å². The molecular formula is C17H17N3O2S. The molecule has 3 aromatic rings. The molecule has 0 aliphatic carbocycles. The van der Waals surface area contributed by atoms with Gasteiger partial charge in [-0.15, -0.1) is 0 Å². The Morgan fingerprint density at radius 3 is 2.87 bits per heavy atom. The van der Waals surface area contributed by atoms with Crippen LogP contribution in [0.3, 0.4) is 0 Å². The van der Waals surface area contributed by atoms with Crippen LogP contribution in [0.5, 0.6) is 0 Å². The molecule has 0 aliphatic rings. The van der Waals surface area contributed by atoms with E-state index in [-0.39, 0.29) is 5.91 Å². The van der Waals surface area contributed by atoms with Crippen molar-refractivity contribution in [1.29, 1.82) is 0 Å². The van der Waals surface area contributed by atoms with E-state index in [1.54, 1.807) is 35.1 Å². The van der Waals surface area contributed by atoms with Gasteiger partial charge in [0.05, 0.1) is 24.5 Å². The lowest BCUT2D eigenvalue weighted by atomic mass is 10.3. The highest BCUT2D eigenvalue weighted by molar-refractivity contribution is 7.98. The van der Waals surface area contributed by atoms with E-state index in [2.05, 4.69) is 10.3 Å². The van der Waals surface area contributed by atoms with Crippen molar-refractivity contribution in [3.05, 3.63) is 72.7 Å². The van der Waals surface area contributed by atoms with Crippen LogP contribution in [0.2, 0.25) is 0 Å². The van der Waals surface area contributed by atoms with Gasteiger partial charge in [-0.05, 0) is 24.3 Å². The van der Waals surface area contributed by atoms with Crippen LogP contribution >= 0.6 is 11.8 Å². The van der Waals surface area contributed by atoms with Crippen LogP contribution in [-0.2, 0) is 5.75 Å². The van der Waals surface area contributed by atoms with Gasteiger partial charge in [0.15, 0.2) is 0 Å². The maximum Gasteiger partial charge on any atom is 0.269 e. The van der Waals surface area contributed by atoms with E-state index in [1.165, 1.54) is 0 Å². The number of benzene rings is 1. The van der Waals surface area contributed by atoms with Crippen LogP contribution in [-0.4, -0.2) is 27.8 Å². The predicted molar refractivity (Wildman–Crippen MR) is 90.8 cm³/mol. The summed E-state index contributed by atoms with van der Waals surface area (Å²) in [5, 5.41) is 2.92. The summed E-state index contributed by atoms with van der Waals surface area (Å²) in [5.74, 6) is 2.46. The molecule has 1 N–H and O–H groups in total. The molecule has 0 unspecified atom stereocenters. The van der Waals surface area contributed by atoms with Gasteiger partial charge in [-0.2, -0.15) is 11.8 Å². The van der Waals surface area contributed by atoms with Crippen LogP contribution in [0.25, 0.3) is 5.69 Å². The van der Waals surface area contributed by atoms with E-state index >= 15 is 0 Å². The molecule has 118 valence electrons. The Hall–Kier alpha value is -2.47. The van der Waals surface area contributed by atoms with Crippen LogP contribution < -0.4 is 5.32 Å². The monoisotopic (exact) mass is 327 g/mol. The van der Waals surface area contributed by atoms with Crippen molar-refractivity contribution in [2.45, 2.75) is 5.75 Å². The summed E-state index contributed by atoms with van der Waals surface area (Å²) in [5.41, 5.74) is 1.45. The maximum absolute atomic E-state index is 12.3. The summed E-state index contributed by atoms with van der Waals surface area (Å²) in [6, 6.07) is 13.5. The fraction of sp³-hybridized carbons (Fsp3) is 0.176. The van der Waals surface area contributed by atoms with Gasteiger partial charge in [-0.3, -0.25) is 9.36 Å². The highest BCUT2D eigenvalue weighted by Crippen LogP contribution is 2.12. The lowest BCUT2D eigenvalue weighted by Crippen LogP contribution is -2.27. The van der Waals surface area contributed by atoms with E-state index in [4.69, 9.17) is 4.42 Å². The van der Waals surface area contributed by atoms with Crippen molar-refractivity contribution < 1.29 is 9.21 Å². The number of aromatic nitrogens is 2. The summed E-state index contributed by atoms with van der Waals surface area (Å²) in [7, 11) is 0. The molecule has 0 aliphatic heterocycles. The number of nitrogens with one attached hydrogen (secondary N) is 1. The lowest BCUT2D eigenvalue weighted by Gasteiger charge is -2.08. The number of carbonyl (C=O) groups is 1. The predicted octanol–water partition coefficient (Wildman–Crippen LogP) is 3.13. The van der Waals surface area contributed by atoms with Gasteiger partial charge in [-0.25, -0.2) is 4.98 Å². The van der Waals surface area contributed by atoms with Crippen LogP contribution in [0.4, 0.5) is 0 Å². The van der Waals surface area contributed by atoms with Crippen molar-refractivity contribution in [2.24, 2.45) is 0 Å². The first kappa shape index (κ1) is 15.4. The minimum atomic E-state index is -0.120. The normalized spacial score (nSPS) is 10.6. The maximum atomic E-state index is 12.3. The van der Waals surface area contributed by atoms with Crippen LogP contribution in [0, 0.1) is 0 Å². The van der Waals surface area contributed by atoms with Crippen molar-refractivity contribution in [3.8, 4) is 5.69 Å². The fourth-order valence-corrected chi connectivity index (χ4v) is 2.91. The first-order valence-electron chi connectivity index (χ1n) is 7.30. The van der Waals surface area contributed by atoms with Gasteiger partial charge in [0.1, 0.15) is 11.5 Å². The Bertz CT molecular complexity index is 738. The highest BCUT2D eigenvalue weighted by atomic mass is 32.2. The van der Waals surface area contributed by atoms with Gasteiger partial charge < -0.3 is 9.73 Å². The molecule has 0 spiro atoms. The topological polar surface area (TPSA) is 60.1 Å². The minimum absolute atomic E-state index is 0.120. The summed E-state index contributed by atoms with van der Waals surface area (Å²) in [6.07, 6.45) is 4.90. The number of rotatable bonds is 7. The summed E-state index contributed by atoms with van der Waals surface area (Å²) in [4.78, 5) is 16.4. The largest absolute Gasteiger partial charge is 0.468 e. The fourth-order valence-electron chi connectivity index (χ4n) is 2.15. The van der Waals surface area contributed by atoms with E-state index in [0.29, 0.717) is 12.2 Å². The molecule has 0 saturated carbocycles. The molecule has 3 rings (SSSR count). The number of hydrogen-bond donors (Lipinski definition) is 1. The molecule has 1 aromatic carbocycles. The molecule has 5 nitrogen and oxygen atoms in total. The molecule has 2 aromatic heterocycles. The van der Waals surface area contributed by atoms with Crippen molar-refractivity contribution in [3.63, 3.8) is 0 Å². The van der Waals surface area contributed by atoms with E-state index in [0.717, 1.165) is 23.0 Å². The summed E-state index contributed by atoms with van der Waals surface area (Å²) >= 11 is 1.72. The second-order valence-corrected chi connectivity index (χ2v) is 5.98. The lowest BCUT2D eigenvalue weighted by molar-refractivity contribution is 0.0949. The Labute approximate surface area is 138 Å². The molecule has 1 amide bonds. The number of furan rings is 1. The Kier molecular flexibility index (Phi) is 5.16. The second-order valence-electron chi connectivity index (χ2n) is 4.87. The zero-order valence-corrected chi connectivity index (χ0v) is 13.3. The van der Waals surface area contributed by atoms with Gasteiger partial charge in [-0.1, -0.05) is 18.2 Å². The second kappa shape index (κ2) is 7.69. The summed E-state index contributed by atoms with van der Waals surface area (Å²) < 4.78 is 7.05. The Morgan fingerprint density at radius 2 is 2.09 bits per heavy atom. The van der Waals surface area contributed by atoms with Crippen molar-refractivity contribution >= 4 is 17.7 Å². The third-order valence-corrected chi connectivity index (χ3v) is 4.24. The van der Waals surface area contributed by atoms with E-state index in [9.17, 15) is 4.79 Å². The molecule has 2 heterocycles. The van der Waals surface area contributed by atoms with E-state index in [1.807, 2.05) is 42.5 Å². The third-order valence-electron chi connectivity index (χ3n) is 3.26. The molecule has 0 radical (unpaired) electrons. The number of imidazole rings is 1. The smallest absolute Gasteiger partial charge is 0.269 e. The van der Waals surface area contributed by atoms with Gasteiger partial charge in [0, 0.05) is 18.0 Å². The molecule has 0 bridgehead atoms. The number of nitrogens with zero attached hydrogens (tertiary/aromatic N) is 2. The Morgan fingerprint density at radius 1 is 1.22 bits per heavy atom. The average molecular weight is 327 g/mol. The van der Waals surface area contributed by atoms with Gasteiger partial charge in [0.25, 0.3) is 5.91 Å². The number of amides is 1. The van der Waals surface area contributed by atoms with Crippen LogP contribution in [0.15, 0.2) is 65.7 Å². The highest BCUT2D eigenvalue weighted by Gasteiger charge is 2.12. The first-order valence-corrected chi connectivity index (χ1v) is 8.46. The van der Waals surface area contributed by atoms with E-state index < -0.39 is 0 Å². The number of carbonyl (C=O) groups excluding carboxylic acids is 1. The molecule has 0 atom stereocenters. The molecule has 23 heavy (non-hydrogen) atoms. The van der Waals surface area contributed by atoms with Crippen LogP contribution in [0.1, 0.15) is 16.2 Å². The van der Waals surface area contributed by atoms with Gasteiger partial charge >= 0.3 is 0 Å². The Balaban J connectivity index is 1.50.